The normalized spacial score (nSPS) is 19.3. The lowest BCUT2D eigenvalue weighted by molar-refractivity contribution is -0.137. The first-order chi connectivity index (χ1) is 9.08. The van der Waals surface area contributed by atoms with Gasteiger partial charge in [-0.15, -0.1) is 0 Å². The van der Waals surface area contributed by atoms with Crippen LogP contribution in [0.3, 0.4) is 0 Å². The standard InChI is InChI=1S/C15H18F3NS/c1-9-7-13(19-20-14(2,3)4)11-6-5-10(8-12(9)11)15(16,17)18/h5-6,8,13,19H,1,7H2,2-4H3. The van der Waals surface area contributed by atoms with E-state index in [-0.39, 0.29) is 10.8 Å². The molecular formula is C15H18F3NS. The highest BCUT2D eigenvalue weighted by atomic mass is 32.2. The summed E-state index contributed by atoms with van der Waals surface area (Å²) in [7, 11) is 0. The first-order valence-corrected chi connectivity index (χ1v) is 7.22. The molecule has 0 aliphatic heterocycles. The third kappa shape index (κ3) is 3.38. The maximum atomic E-state index is 12.7. The second-order valence-corrected chi connectivity index (χ2v) is 7.66. The van der Waals surface area contributed by atoms with Crippen molar-refractivity contribution in [3.8, 4) is 0 Å². The largest absolute Gasteiger partial charge is 0.416 e. The average Bonchev–Trinajstić information content (AvgIpc) is 2.61. The molecule has 1 aliphatic rings. The van der Waals surface area contributed by atoms with Gasteiger partial charge in [-0.05, 0) is 56.0 Å². The lowest BCUT2D eigenvalue weighted by atomic mass is 10.0. The topological polar surface area (TPSA) is 12.0 Å². The molecule has 0 saturated carbocycles. The van der Waals surface area contributed by atoms with E-state index in [1.54, 1.807) is 18.0 Å². The number of hydrogen-bond donors (Lipinski definition) is 1. The molecular weight excluding hydrogens is 283 g/mol. The van der Waals surface area contributed by atoms with E-state index in [0.717, 1.165) is 17.2 Å². The molecule has 0 amide bonds. The third-order valence-corrected chi connectivity index (χ3v) is 4.11. The summed E-state index contributed by atoms with van der Waals surface area (Å²) in [5.41, 5.74) is 1.69. The Hall–Kier alpha value is -0.940. The molecule has 2 rings (SSSR count). The van der Waals surface area contributed by atoms with Gasteiger partial charge in [0.15, 0.2) is 0 Å². The van der Waals surface area contributed by atoms with Gasteiger partial charge in [-0.1, -0.05) is 24.6 Å². The van der Waals surface area contributed by atoms with Crippen LogP contribution in [0.1, 0.15) is 49.9 Å². The van der Waals surface area contributed by atoms with Crippen molar-refractivity contribution in [1.82, 2.24) is 4.72 Å². The Kier molecular flexibility index (Phi) is 3.95. The monoisotopic (exact) mass is 301 g/mol. The molecule has 1 N–H and O–H groups in total. The maximum absolute atomic E-state index is 12.7. The Morgan fingerprint density at radius 1 is 1.25 bits per heavy atom. The van der Waals surface area contributed by atoms with Gasteiger partial charge in [0, 0.05) is 10.8 Å². The summed E-state index contributed by atoms with van der Waals surface area (Å²) >= 11 is 1.59. The van der Waals surface area contributed by atoms with Crippen LogP contribution in [-0.2, 0) is 6.18 Å². The average molecular weight is 301 g/mol. The van der Waals surface area contributed by atoms with Crippen LogP contribution in [0.5, 0.6) is 0 Å². The highest BCUT2D eigenvalue weighted by molar-refractivity contribution is 7.98. The number of benzene rings is 1. The summed E-state index contributed by atoms with van der Waals surface area (Å²) in [5.74, 6) is 0. The fourth-order valence-corrected chi connectivity index (χ4v) is 2.87. The van der Waals surface area contributed by atoms with Gasteiger partial charge in [-0.3, -0.25) is 4.72 Å². The van der Waals surface area contributed by atoms with Crippen LogP contribution in [-0.4, -0.2) is 4.75 Å². The van der Waals surface area contributed by atoms with Crippen LogP contribution >= 0.6 is 11.9 Å². The van der Waals surface area contributed by atoms with E-state index in [9.17, 15) is 13.2 Å². The van der Waals surface area contributed by atoms with E-state index in [4.69, 9.17) is 0 Å². The molecule has 0 saturated heterocycles. The molecule has 1 nitrogen and oxygen atoms in total. The minimum atomic E-state index is -4.30. The maximum Gasteiger partial charge on any atom is 0.416 e. The molecule has 1 unspecified atom stereocenters. The zero-order valence-electron chi connectivity index (χ0n) is 11.8. The van der Waals surface area contributed by atoms with Crippen molar-refractivity contribution < 1.29 is 13.2 Å². The number of hydrogen-bond acceptors (Lipinski definition) is 2. The van der Waals surface area contributed by atoms with Gasteiger partial charge in [-0.2, -0.15) is 13.2 Å². The van der Waals surface area contributed by atoms with Gasteiger partial charge in [0.25, 0.3) is 0 Å². The van der Waals surface area contributed by atoms with Crippen LogP contribution < -0.4 is 4.72 Å². The van der Waals surface area contributed by atoms with Crippen LogP contribution in [0.15, 0.2) is 24.8 Å². The van der Waals surface area contributed by atoms with Gasteiger partial charge >= 0.3 is 6.18 Å². The first kappa shape index (κ1) is 15.4. The number of nitrogens with one attached hydrogen (secondary N) is 1. The van der Waals surface area contributed by atoms with Crippen molar-refractivity contribution >= 4 is 17.5 Å². The summed E-state index contributed by atoms with van der Waals surface area (Å²) in [6.45, 7) is 10.2. The van der Waals surface area contributed by atoms with E-state index < -0.39 is 11.7 Å². The van der Waals surface area contributed by atoms with Crippen molar-refractivity contribution in [2.24, 2.45) is 0 Å². The smallest absolute Gasteiger partial charge is 0.256 e. The zero-order chi connectivity index (χ0) is 15.1. The number of halogens is 3. The SMILES string of the molecule is C=C1CC(NSC(C)(C)C)c2ccc(C(F)(F)F)cc21. The molecule has 0 spiro atoms. The number of alkyl halides is 3. The second kappa shape index (κ2) is 5.11. The van der Waals surface area contributed by atoms with Crippen LogP contribution in [0.25, 0.3) is 5.57 Å². The zero-order valence-corrected chi connectivity index (χ0v) is 12.6. The summed E-state index contributed by atoms with van der Waals surface area (Å²) in [6, 6.07) is 3.95. The van der Waals surface area contributed by atoms with Crippen LogP contribution in [0.4, 0.5) is 13.2 Å². The molecule has 20 heavy (non-hydrogen) atoms. The fourth-order valence-electron chi connectivity index (χ4n) is 2.16. The minimum Gasteiger partial charge on any atom is -0.256 e. The Labute approximate surface area is 121 Å². The number of fused-ring (bicyclic) bond motifs is 1. The molecule has 5 heteroatoms. The van der Waals surface area contributed by atoms with Crippen molar-refractivity contribution in [2.75, 3.05) is 0 Å². The minimum absolute atomic E-state index is 0.0315. The van der Waals surface area contributed by atoms with Gasteiger partial charge in [0.2, 0.25) is 0 Å². The molecule has 1 atom stereocenters. The molecule has 0 radical (unpaired) electrons. The van der Waals surface area contributed by atoms with Crippen molar-refractivity contribution in [3.05, 3.63) is 41.5 Å². The van der Waals surface area contributed by atoms with Crippen LogP contribution in [0.2, 0.25) is 0 Å². The molecule has 1 aromatic carbocycles. The van der Waals surface area contributed by atoms with E-state index in [0.29, 0.717) is 12.0 Å². The van der Waals surface area contributed by atoms with Crippen LogP contribution in [0, 0.1) is 0 Å². The lowest BCUT2D eigenvalue weighted by Crippen LogP contribution is -2.20. The van der Waals surface area contributed by atoms with E-state index >= 15 is 0 Å². The predicted octanol–water partition coefficient (Wildman–Crippen LogP) is 5.20. The summed E-state index contributed by atoms with van der Waals surface area (Å²) in [4.78, 5) is 0. The quantitative estimate of drug-likeness (QED) is 0.753. The Bertz CT molecular complexity index is 529. The molecule has 110 valence electrons. The van der Waals surface area contributed by atoms with Gasteiger partial charge in [-0.25, -0.2) is 0 Å². The Morgan fingerprint density at radius 2 is 1.90 bits per heavy atom. The van der Waals surface area contributed by atoms with E-state index in [1.807, 2.05) is 0 Å². The van der Waals surface area contributed by atoms with E-state index in [2.05, 4.69) is 32.1 Å². The molecule has 0 heterocycles. The van der Waals surface area contributed by atoms with E-state index in [1.165, 1.54) is 6.07 Å². The predicted molar refractivity (Wildman–Crippen MR) is 78.3 cm³/mol. The number of rotatable bonds is 2. The van der Waals surface area contributed by atoms with Gasteiger partial charge in [0.05, 0.1) is 5.56 Å². The summed E-state index contributed by atoms with van der Waals surface area (Å²) in [5, 5.41) is 0. The lowest BCUT2D eigenvalue weighted by Gasteiger charge is -2.22. The Morgan fingerprint density at radius 3 is 2.45 bits per heavy atom. The van der Waals surface area contributed by atoms with Crippen molar-refractivity contribution in [1.29, 1.82) is 0 Å². The van der Waals surface area contributed by atoms with Crippen molar-refractivity contribution in [3.63, 3.8) is 0 Å². The highest BCUT2D eigenvalue weighted by Gasteiger charge is 2.34. The Balaban J connectivity index is 2.24. The van der Waals surface area contributed by atoms with Gasteiger partial charge in [0.1, 0.15) is 0 Å². The highest BCUT2D eigenvalue weighted by Crippen LogP contribution is 2.43. The first-order valence-electron chi connectivity index (χ1n) is 6.41. The summed E-state index contributed by atoms with van der Waals surface area (Å²) in [6.07, 6.45) is -3.65. The molecule has 0 aromatic heterocycles. The van der Waals surface area contributed by atoms with Gasteiger partial charge < -0.3 is 0 Å². The second-order valence-electron chi connectivity index (χ2n) is 5.99. The summed E-state index contributed by atoms with van der Waals surface area (Å²) < 4.78 is 41.6. The molecule has 1 aromatic rings. The molecule has 0 fully saturated rings. The fraction of sp³-hybridized carbons (Fsp3) is 0.467. The van der Waals surface area contributed by atoms with Crippen molar-refractivity contribution in [2.45, 2.75) is 44.2 Å². The molecule has 0 bridgehead atoms. The molecule has 1 aliphatic carbocycles. The third-order valence-electron chi connectivity index (χ3n) is 3.09.